The van der Waals surface area contributed by atoms with Gasteiger partial charge in [-0.1, -0.05) is 0 Å². The molecule has 0 aliphatic carbocycles. The number of piperidine rings is 2. The molecule has 2 aliphatic heterocycles. The monoisotopic (exact) mass is 513 g/mol. The Labute approximate surface area is 202 Å². The molecule has 1 aromatic carbocycles. The lowest BCUT2D eigenvalue weighted by Crippen LogP contribution is -2.61. The number of primary amides is 1. The molecular formula is C22H24F5N7O2. The highest BCUT2D eigenvalue weighted by Crippen LogP contribution is 2.33. The zero-order valence-electron chi connectivity index (χ0n) is 18.9. The van der Waals surface area contributed by atoms with Crippen molar-refractivity contribution in [2.75, 3.05) is 35.6 Å². The van der Waals surface area contributed by atoms with Gasteiger partial charge in [-0.05, 0) is 37.5 Å². The normalized spacial score (nSPS) is 23.0. The van der Waals surface area contributed by atoms with E-state index in [1.807, 2.05) is 0 Å². The van der Waals surface area contributed by atoms with Crippen LogP contribution in [0.4, 0.5) is 39.3 Å². The van der Waals surface area contributed by atoms with Gasteiger partial charge < -0.3 is 26.6 Å². The molecule has 2 aromatic rings. The lowest BCUT2D eigenvalue weighted by molar-refractivity contribution is -0.140. The van der Waals surface area contributed by atoms with Crippen LogP contribution in [0.25, 0.3) is 0 Å². The predicted molar refractivity (Wildman–Crippen MR) is 119 cm³/mol. The van der Waals surface area contributed by atoms with Crippen molar-refractivity contribution in [1.82, 2.24) is 14.9 Å². The largest absolute Gasteiger partial charge is 0.416 e. The summed E-state index contributed by atoms with van der Waals surface area (Å²) in [5.74, 6) is -4.21. The first-order chi connectivity index (χ1) is 17.0. The standard InChI is InChI=1S/C22H24F5N7O2/c23-12-6-11(22(25,26)27)7-13(8-12)32-15-2-1-4-34(21(15)36)16-9-33(5-3-14(16)19(29)35)20-17(24)18(28)30-10-31-20/h6-8,10,14-16,32H,1-5,9H2,(H2,29,35)(H2,28,30,31)/t14-,15-,16?/m0/s1. The summed E-state index contributed by atoms with van der Waals surface area (Å²) in [7, 11) is 0. The summed E-state index contributed by atoms with van der Waals surface area (Å²) in [6, 6.07) is 0.261. The highest BCUT2D eigenvalue weighted by molar-refractivity contribution is 5.87. The number of nitrogens with zero attached hydrogens (tertiary/aromatic N) is 4. The third kappa shape index (κ3) is 5.11. The average molecular weight is 513 g/mol. The van der Waals surface area contributed by atoms with Crippen LogP contribution in [0.15, 0.2) is 24.5 Å². The lowest BCUT2D eigenvalue weighted by atomic mass is 9.87. The van der Waals surface area contributed by atoms with Gasteiger partial charge in [0.1, 0.15) is 18.2 Å². The van der Waals surface area contributed by atoms with E-state index < -0.39 is 53.2 Å². The van der Waals surface area contributed by atoms with Crippen LogP contribution in [0.1, 0.15) is 24.8 Å². The fraction of sp³-hybridized carbons (Fsp3) is 0.455. The molecule has 2 aliphatic rings. The van der Waals surface area contributed by atoms with Crippen molar-refractivity contribution in [3.8, 4) is 0 Å². The minimum absolute atomic E-state index is 0.0254. The van der Waals surface area contributed by atoms with E-state index in [1.165, 1.54) is 4.90 Å². The van der Waals surface area contributed by atoms with Gasteiger partial charge in [0.05, 0.1) is 17.5 Å². The number of amides is 2. The van der Waals surface area contributed by atoms with Crippen molar-refractivity contribution < 1.29 is 31.5 Å². The third-order valence-corrected chi connectivity index (χ3v) is 6.48. The first kappa shape index (κ1) is 25.4. The number of nitrogens with one attached hydrogen (secondary N) is 1. The van der Waals surface area contributed by atoms with Crippen LogP contribution < -0.4 is 21.7 Å². The molecule has 14 heteroatoms. The quantitative estimate of drug-likeness (QED) is 0.523. The highest BCUT2D eigenvalue weighted by atomic mass is 19.4. The Morgan fingerprint density at radius 3 is 2.56 bits per heavy atom. The van der Waals surface area contributed by atoms with E-state index in [-0.39, 0.29) is 49.8 Å². The number of carbonyl (C=O) groups excluding carboxylic acids is 2. The van der Waals surface area contributed by atoms with Crippen molar-refractivity contribution in [1.29, 1.82) is 0 Å². The zero-order chi connectivity index (χ0) is 26.2. The number of carbonyl (C=O) groups is 2. The molecular weight excluding hydrogens is 489 g/mol. The van der Waals surface area contributed by atoms with Gasteiger partial charge in [0.2, 0.25) is 17.6 Å². The number of nitrogens with two attached hydrogens (primary N) is 2. The molecule has 0 saturated carbocycles. The molecule has 2 amide bonds. The molecule has 0 spiro atoms. The third-order valence-electron chi connectivity index (χ3n) is 6.48. The topological polar surface area (TPSA) is 130 Å². The van der Waals surface area contributed by atoms with E-state index in [2.05, 4.69) is 15.3 Å². The molecule has 4 rings (SSSR count). The van der Waals surface area contributed by atoms with Crippen molar-refractivity contribution in [2.45, 2.75) is 37.5 Å². The van der Waals surface area contributed by atoms with Crippen LogP contribution in [0.5, 0.6) is 0 Å². The molecule has 5 N–H and O–H groups in total. The number of nitrogen functional groups attached to an aromatic ring is 1. The maximum atomic E-state index is 14.6. The van der Waals surface area contributed by atoms with Gasteiger partial charge in [0.15, 0.2) is 11.6 Å². The average Bonchev–Trinajstić information content (AvgIpc) is 2.81. The van der Waals surface area contributed by atoms with Gasteiger partial charge in [-0.3, -0.25) is 9.59 Å². The summed E-state index contributed by atoms with van der Waals surface area (Å²) >= 11 is 0. The van der Waals surface area contributed by atoms with Crippen LogP contribution in [0.2, 0.25) is 0 Å². The molecule has 0 radical (unpaired) electrons. The number of likely N-dealkylation sites (tertiary alicyclic amines) is 1. The van der Waals surface area contributed by atoms with Gasteiger partial charge in [-0.25, -0.2) is 14.4 Å². The van der Waals surface area contributed by atoms with Crippen molar-refractivity contribution in [3.05, 3.63) is 41.7 Å². The summed E-state index contributed by atoms with van der Waals surface area (Å²) in [6.45, 7) is 0.507. The second kappa shape index (κ2) is 9.74. The SMILES string of the molecule is NC(=O)[C@H]1CCN(c2ncnc(N)c2F)CC1N1CCC[C@H](Nc2cc(F)cc(C(F)(F)F)c2)C1=O. The first-order valence-electron chi connectivity index (χ1n) is 11.2. The molecule has 1 unspecified atom stereocenters. The number of rotatable bonds is 5. The van der Waals surface area contributed by atoms with Crippen LogP contribution in [0.3, 0.4) is 0 Å². The summed E-state index contributed by atoms with van der Waals surface area (Å²) in [5.41, 5.74) is 9.76. The predicted octanol–water partition coefficient (Wildman–Crippen LogP) is 2.14. The minimum atomic E-state index is -4.76. The minimum Gasteiger partial charge on any atom is -0.381 e. The van der Waals surface area contributed by atoms with Crippen LogP contribution >= 0.6 is 0 Å². The molecule has 194 valence electrons. The molecule has 36 heavy (non-hydrogen) atoms. The van der Waals surface area contributed by atoms with Crippen molar-refractivity contribution in [3.63, 3.8) is 0 Å². The van der Waals surface area contributed by atoms with E-state index in [1.54, 1.807) is 4.90 Å². The van der Waals surface area contributed by atoms with Crippen LogP contribution in [0, 0.1) is 17.6 Å². The van der Waals surface area contributed by atoms with Crippen LogP contribution in [-0.4, -0.2) is 58.4 Å². The summed E-state index contributed by atoms with van der Waals surface area (Å²) in [5, 5.41) is 2.70. The van der Waals surface area contributed by atoms with Crippen molar-refractivity contribution in [2.24, 2.45) is 11.7 Å². The van der Waals surface area contributed by atoms with E-state index in [0.29, 0.717) is 12.5 Å². The van der Waals surface area contributed by atoms with Gasteiger partial charge in [-0.15, -0.1) is 0 Å². The Kier molecular flexibility index (Phi) is 6.87. The lowest BCUT2D eigenvalue weighted by Gasteiger charge is -2.46. The molecule has 3 heterocycles. The Hall–Kier alpha value is -3.71. The number of hydrogen-bond donors (Lipinski definition) is 3. The van der Waals surface area contributed by atoms with Gasteiger partial charge in [-0.2, -0.15) is 17.6 Å². The Bertz CT molecular complexity index is 1160. The smallest absolute Gasteiger partial charge is 0.381 e. The Balaban J connectivity index is 1.57. The van der Waals surface area contributed by atoms with E-state index in [9.17, 15) is 31.5 Å². The Morgan fingerprint density at radius 1 is 1.11 bits per heavy atom. The number of hydrogen-bond acceptors (Lipinski definition) is 7. The number of anilines is 3. The van der Waals surface area contributed by atoms with Crippen LogP contribution in [-0.2, 0) is 15.8 Å². The maximum absolute atomic E-state index is 14.6. The van der Waals surface area contributed by atoms with Crippen molar-refractivity contribution >= 4 is 29.1 Å². The number of alkyl halides is 3. The molecule has 0 bridgehead atoms. The highest BCUT2D eigenvalue weighted by Gasteiger charge is 2.43. The number of benzene rings is 1. The van der Waals surface area contributed by atoms with E-state index >= 15 is 0 Å². The van der Waals surface area contributed by atoms with Gasteiger partial charge >= 0.3 is 6.18 Å². The zero-order valence-corrected chi connectivity index (χ0v) is 18.9. The fourth-order valence-electron chi connectivity index (χ4n) is 4.77. The Morgan fingerprint density at radius 2 is 1.86 bits per heavy atom. The van der Waals surface area contributed by atoms with Gasteiger partial charge in [0, 0.05) is 25.3 Å². The van der Waals surface area contributed by atoms with E-state index in [4.69, 9.17) is 11.5 Å². The second-order valence-electron chi connectivity index (χ2n) is 8.80. The molecule has 3 atom stereocenters. The summed E-state index contributed by atoms with van der Waals surface area (Å²) in [6.07, 6.45) is -2.71. The van der Waals surface area contributed by atoms with Gasteiger partial charge in [0.25, 0.3) is 0 Å². The summed E-state index contributed by atoms with van der Waals surface area (Å²) in [4.78, 5) is 36.1. The number of aromatic nitrogens is 2. The molecule has 1 aromatic heterocycles. The second-order valence-corrected chi connectivity index (χ2v) is 8.80. The molecule has 9 nitrogen and oxygen atoms in total. The summed E-state index contributed by atoms with van der Waals surface area (Å²) < 4.78 is 67.7. The molecule has 2 saturated heterocycles. The van der Waals surface area contributed by atoms with E-state index in [0.717, 1.165) is 18.5 Å². The number of halogens is 5. The molecule has 2 fully saturated rings. The maximum Gasteiger partial charge on any atom is 0.416 e. The fourth-order valence-corrected chi connectivity index (χ4v) is 4.77. The first-order valence-corrected chi connectivity index (χ1v) is 11.2.